The molecule has 1 N–H and O–H groups in total. The molecule has 2 unspecified atom stereocenters. The van der Waals surface area contributed by atoms with Gasteiger partial charge < -0.3 is 5.32 Å². The van der Waals surface area contributed by atoms with Gasteiger partial charge in [0.1, 0.15) is 0 Å². The molecule has 7 nitrogen and oxygen atoms in total. The first-order valence-electron chi connectivity index (χ1n) is 9.85. The van der Waals surface area contributed by atoms with E-state index in [9.17, 15) is 14.4 Å². The zero-order chi connectivity index (χ0) is 18.9. The van der Waals surface area contributed by atoms with Crippen molar-refractivity contribution in [1.82, 2.24) is 20.0 Å². The smallest absolute Gasteiger partial charge is 0.234 e. The van der Waals surface area contributed by atoms with E-state index in [1.165, 1.54) is 4.90 Å². The summed E-state index contributed by atoms with van der Waals surface area (Å²) in [4.78, 5) is 43.0. The van der Waals surface area contributed by atoms with Gasteiger partial charge in [0, 0.05) is 31.7 Å². The molecule has 1 aliphatic carbocycles. The van der Waals surface area contributed by atoms with Crippen LogP contribution in [-0.4, -0.2) is 77.4 Å². The van der Waals surface area contributed by atoms with Gasteiger partial charge in [-0.2, -0.15) is 0 Å². The minimum Gasteiger partial charge on any atom is -0.350 e. The van der Waals surface area contributed by atoms with Gasteiger partial charge >= 0.3 is 0 Å². The zero-order valence-corrected chi connectivity index (χ0v) is 16.3. The fraction of sp³-hybridized carbons (Fsp3) is 0.842. The molecule has 2 aliphatic heterocycles. The number of imide groups is 1. The lowest BCUT2D eigenvalue weighted by molar-refractivity contribution is -0.142. The predicted molar refractivity (Wildman–Crippen MR) is 98.1 cm³/mol. The number of carbonyl (C=O) groups is 3. The second-order valence-electron chi connectivity index (χ2n) is 8.94. The molecule has 3 amide bonds. The van der Waals surface area contributed by atoms with Crippen LogP contribution in [0.5, 0.6) is 0 Å². The van der Waals surface area contributed by atoms with Crippen molar-refractivity contribution in [2.75, 3.05) is 39.4 Å². The standard InChI is InChI=1S/C19H32N4O3/c1-19(2,3)20-16(24)12-21-8-10-22(11-9-21)13-23-17(25)14-6-4-5-7-15(14)18(23)26/h14-15H,4-13H2,1-3H3,(H,20,24). The van der Waals surface area contributed by atoms with Crippen molar-refractivity contribution in [2.24, 2.45) is 11.8 Å². The minimum absolute atomic E-state index is 0.0340. The predicted octanol–water partition coefficient (Wildman–Crippen LogP) is 0.651. The number of nitrogens with one attached hydrogen (secondary N) is 1. The summed E-state index contributed by atoms with van der Waals surface area (Å²) in [6.45, 7) is 9.84. The van der Waals surface area contributed by atoms with Crippen LogP contribution in [0.1, 0.15) is 46.5 Å². The third-order valence-corrected chi connectivity index (χ3v) is 5.62. The Balaban J connectivity index is 1.46. The minimum atomic E-state index is -0.216. The number of amides is 3. The first-order chi connectivity index (χ1) is 12.2. The Morgan fingerprint density at radius 1 is 0.962 bits per heavy atom. The Hall–Kier alpha value is -1.47. The average Bonchev–Trinajstić information content (AvgIpc) is 2.80. The molecule has 3 rings (SSSR count). The molecule has 146 valence electrons. The Bertz CT molecular complexity index is 540. The summed E-state index contributed by atoms with van der Waals surface area (Å²) in [6.07, 6.45) is 3.84. The number of nitrogens with zero attached hydrogens (tertiary/aromatic N) is 3. The van der Waals surface area contributed by atoms with Crippen LogP contribution >= 0.6 is 0 Å². The Labute approximate surface area is 156 Å². The maximum Gasteiger partial charge on any atom is 0.234 e. The maximum atomic E-state index is 12.6. The van der Waals surface area contributed by atoms with Crippen molar-refractivity contribution in [1.29, 1.82) is 0 Å². The van der Waals surface area contributed by atoms with E-state index in [-0.39, 0.29) is 35.1 Å². The molecule has 2 atom stereocenters. The largest absolute Gasteiger partial charge is 0.350 e. The fourth-order valence-corrected chi connectivity index (χ4v) is 4.32. The summed E-state index contributed by atoms with van der Waals surface area (Å²) in [5.74, 6) is -0.0319. The molecule has 2 saturated heterocycles. The SMILES string of the molecule is CC(C)(C)NC(=O)CN1CCN(CN2C(=O)C3CCCCC3C2=O)CC1. The number of fused-ring (bicyclic) bond motifs is 1. The third-order valence-electron chi connectivity index (χ3n) is 5.62. The van der Waals surface area contributed by atoms with Crippen LogP contribution in [-0.2, 0) is 14.4 Å². The van der Waals surface area contributed by atoms with Crippen LogP contribution in [0.4, 0.5) is 0 Å². The van der Waals surface area contributed by atoms with Crippen molar-refractivity contribution < 1.29 is 14.4 Å². The summed E-state index contributed by atoms with van der Waals surface area (Å²) in [5.41, 5.74) is -0.216. The number of carbonyl (C=O) groups excluding carboxylic acids is 3. The second-order valence-corrected chi connectivity index (χ2v) is 8.94. The van der Waals surface area contributed by atoms with Crippen molar-refractivity contribution in [3.8, 4) is 0 Å². The third kappa shape index (κ3) is 4.43. The monoisotopic (exact) mass is 364 g/mol. The van der Waals surface area contributed by atoms with Gasteiger partial charge in [-0.3, -0.25) is 29.1 Å². The molecule has 7 heteroatoms. The summed E-state index contributed by atoms with van der Waals surface area (Å²) in [7, 11) is 0. The number of hydrogen-bond donors (Lipinski definition) is 1. The lowest BCUT2D eigenvalue weighted by Gasteiger charge is -2.36. The average molecular weight is 364 g/mol. The molecule has 0 aromatic heterocycles. The molecular weight excluding hydrogens is 332 g/mol. The first kappa shape index (κ1) is 19.3. The Morgan fingerprint density at radius 2 is 1.46 bits per heavy atom. The molecule has 3 aliphatic rings. The highest BCUT2D eigenvalue weighted by atomic mass is 16.2. The quantitative estimate of drug-likeness (QED) is 0.742. The molecule has 2 heterocycles. The van der Waals surface area contributed by atoms with E-state index in [0.29, 0.717) is 13.2 Å². The van der Waals surface area contributed by atoms with Crippen LogP contribution in [0.15, 0.2) is 0 Å². The molecule has 0 aromatic rings. The summed E-state index contributed by atoms with van der Waals surface area (Å²) < 4.78 is 0. The Kier molecular flexibility index (Phi) is 5.67. The second kappa shape index (κ2) is 7.64. The summed E-state index contributed by atoms with van der Waals surface area (Å²) in [5, 5.41) is 2.98. The van der Waals surface area contributed by atoms with Crippen molar-refractivity contribution >= 4 is 17.7 Å². The molecule has 0 spiro atoms. The number of piperazine rings is 1. The van der Waals surface area contributed by atoms with Crippen LogP contribution < -0.4 is 5.32 Å². The summed E-state index contributed by atoms with van der Waals surface area (Å²) in [6, 6.07) is 0. The highest BCUT2D eigenvalue weighted by Gasteiger charge is 2.48. The lowest BCUT2D eigenvalue weighted by Crippen LogP contribution is -2.54. The van der Waals surface area contributed by atoms with Gasteiger partial charge in [0.25, 0.3) is 0 Å². The normalized spacial score (nSPS) is 28.3. The van der Waals surface area contributed by atoms with Crippen LogP contribution in [0, 0.1) is 11.8 Å². The molecule has 26 heavy (non-hydrogen) atoms. The topological polar surface area (TPSA) is 73.0 Å². The van der Waals surface area contributed by atoms with Gasteiger partial charge in [-0.05, 0) is 33.6 Å². The van der Waals surface area contributed by atoms with E-state index in [4.69, 9.17) is 0 Å². The van der Waals surface area contributed by atoms with Gasteiger partial charge in [0.2, 0.25) is 17.7 Å². The van der Waals surface area contributed by atoms with Crippen LogP contribution in [0.3, 0.4) is 0 Å². The van der Waals surface area contributed by atoms with E-state index in [1.54, 1.807) is 0 Å². The number of hydrogen-bond acceptors (Lipinski definition) is 5. The van der Waals surface area contributed by atoms with Crippen LogP contribution in [0.25, 0.3) is 0 Å². The van der Waals surface area contributed by atoms with E-state index in [1.807, 2.05) is 20.8 Å². The lowest BCUT2D eigenvalue weighted by atomic mass is 9.81. The highest BCUT2D eigenvalue weighted by molar-refractivity contribution is 6.05. The molecule has 0 bridgehead atoms. The van der Waals surface area contributed by atoms with Gasteiger partial charge in [-0.1, -0.05) is 12.8 Å². The number of rotatable bonds is 4. The molecule has 3 fully saturated rings. The van der Waals surface area contributed by atoms with Crippen molar-refractivity contribution in [3.05, 3.63) is 0 Å². The van der Waals surface area contributed by atoms with E-state index < -0.39 is 0 Å². The van der Waals surface area contributed by atoms with E-state index in [2.05, 4.69) is 15.1 Å². The van der Waals surface area contributed by atoms with Crippen molar-refractivity contribution in [2.45, 2.75) is 52.0 Å². The fourth-order valence-electron chi connectivity index (χ4n) is 4.32. The zero-order valence-electron chi connectivity index (χ0n) is 16.3. The molecule has 1 saturated carbocycles. The van der Waals surface area contributed by atoms with Gasteiger partial charge in [0.15, 0.2) is 0 Å². The van der Waals surface area contributed by atoms with Gasteiger partial charge in [-0.25, -0.2) is 0 Å². The molecule has 0 radical (unpaired) electrons. The summed E-state index contributed by atoms with van der Waals surface area (Å²) >= 11 is 0. The maximum absolute atomic E-state index is 12.6. The van der Waals surface area contributed by atoms with E-state index in [0.717, 1.165) is 51.9 Å². The van der Waals surface area contributed by atoms with Gasteiger partial charge in [-0.15, -0.1) is 0 Å². The number of likely N-dealkylation sites (tertiary alicyclic amines) is 1. The van der Waals surface area contributed by atoms with Crippen LogP contribution in [0.2, 0.25) is 0 Å². The van der Waals surface area contributed by atoms with Gasteiger partial charge in [0.05, 0.1) is 25.0 Å². The molecule has 0 aromatic carbocycles. The van der Waals surface area contributed by atoms with E-state index >= 15 is 0 Å². The Morgan fingerprint density at radius 3 is 1.96 bits per heavy atom. The van der Waals surface area contributed by atoms with Crippen molar-refractivity contribution in [3.63, 3.8) is 0 Å². The molecular formula is C19H32N4O3. The first-order valence-corrected chi connectivity index (χ1v) is 9.85. The highest BCUT2D eigenvalue weighted by Crippen LogP contribution is 2.38.